The average molecular weight is 455 g/mol. The summed E-state index contributed by atoms with van der Waals surface area (Å²) in [5.41, 5.74) is 2.61. The van der Waals surface area contributed by atoms with Crippen LogP contribution in [0.2, 0.25) is 0 Å². The van der Waals surface area contributed by atoms with Crippen LogP contribution in [0.15, 0.2) is 65.8 Å². The van der Waals surface area contributed by atoms with E-state index in [4.69, 9.17) is 9.57 Å². The Hall–Kier alpha value is -2.41. The van der Waals surface area contributed by atoms with Gasteiger partial charge in [0.2, 0.25) is 0 Å². The number of rotatable bonds is 8. The van der Waals surface area contributed by atoms with E-state index >= 15 is 0 Å². The van der Waals surface area contributed by atoms with Crippen molar-refractivity contribution >= 4 is 22.6 Å². The molecule has 4 rings (SSSR count). The first-order valence-electron chi connectivity index (χ1n) is 11.1. The summed E-state index contributed by atoms with van der Waals surface area (Å²) in [6.07, 6.45) is 5.30. The molecule has 1 unspecified atom stereocenters. The van der Waals surface area contributed by atoms with Crippen molar-refractivity contribution in [1.29, 1.82) is 0 Å². The number of para-hydroxylation sites is 1. The van der Waals surface area contributed by atoms with Crippen LogP contribution in [-0.4, -0.2) is 16.7 Å². The average Bonchev–Trinajstić information content (AvgIpc) is 2.84. The second kappa shape index (κ2) is 12.2. The molecular formula is C26H27N2NaO4. The summed E-state index contributed by atoms with van der Waals surface area (Å²) in [4.78, 5) is 21.3. The Kier molecular flexibility index (Phi) is 9.30. The predicted molar refractivity (Wildman–Crippen MR) is 121 cm³/mol. The second-order valence-corrected chi connectivity index (χ2v) is 8.24. The van der Waals surface area contributed by atoms with Crippen molar-refractivity contribution in [2.24, 2.45) is 11.1 Å². The van der Waals surface area contributed by atoms with E-state index in [-0.39, 0.29) is 41.4 Å². The normalized spacial score (nSPS) is 15.5. The van der Waals surface area contributed by atoms with Crippen molar-refractivity contribution in [3.8, 4) is 5.75 Å². The van der Waals surface area contributed by atoms with Gasteiger partial charge in [0.25, 0.3) is 0 Å². The van der Waals surface area contributed by atoms with Gasteiger partial charge >= 0.3 is 29.6 Å². The number of carboxylic acid groups (broad SMARTS) is 1. The number of aliphatic carboxylic acids is 1. The molecule has 1 aliphatic rings. The van der Waals surface area contributed by atoms with Crippen molar-refractivity contribution in [1.82, 2.24) is 4.98 Å². The van der Waals surface area contributed by atoms with Gasteiger partial charge in [-0.15, -0.1) is 0 Å². The zero-order chi connectivity index (χ0) is 22.3. The van der Waals surface area contributed by atoms with Crippen molar-refractivity contribution in [2.45, 2.75) is 51.7 Å². The van der Waals surface area contributed by atoms with Gasteiger partial charge in [-0.3, -0.25) is 0 Å². The molecule has 7 heteroatoms. The van der Waals surface area contributed by atoms with E-state index in [1.54, 1.807) is 0 Å². The smallest absolute Gasteiger partial charge is 0.543 e. The summed E-state index contributed by atoms with van der Waals surface area (Å²) in [6.45, 7) is 1.76. The molecule has 0 radical (unpaired) electrons. The Morgan fingerprint density at radius 1 is 1.06 bits per heavy atom. The van der Waals surface area contributed by atoms with Gasteiger partial charge in [0, 0.05) is 11.3 Å². The molecule has 0 N–H and O–H groups in total. The molecule has 1 aromatic heterocycles. The molecule has 166 valence electrons. The van der Waals surface area contributed by atoms with E-state index in [0.29, 0.717) is 12.5 Å². The molecule has 1 fully saturated rings. The number of hydrogen-bond donors (Lipinski definition) is 0. The van der Waals surface area contributed by atoms with E-state index in [0.717, 1.165) is 53.6 Å². The van der Waals surface area contributed by atoms with Gasteiger partial charge in [0.1, 0.15) is 12.4 Å². The Morgan fingerprint density at radius 2 is 1.79 bits per heavy atom. The van der Waals surface area contributed by atoms with Crippen LogP contribution in [-0.2, 0) is 16.2 Å². The Morgan fingerprint density at radius 3 is 2.52 bits per heavy atom. The molecule has 0 aliphatic heterocycles. The van der Waals surface area contributed by atoms with E-state index in [9.17, 15) is 9.90 Å². The maximum atomic E-state index is 11.0. The molecule has 1 heterocycles. The Balaban J connectivity index is 0.00000306. The van der Waals surface area contributed by atoms with E-state index < -0.39 is 5.97 Å². The third-order valence-corrected chi connectivity index (χ3v) is 5.93. The molecule has 1 atom stereocenters. The van der Waals surface area contributed by atoms with Crippen LogP contribution >= 0.6 is 0 Å². The first-order valence-corrected chi connectivity index (χ1v) is 11.1. The minimum atomic E-state index is -1.32. The van der Waals surface area contributed by atoms with Gasteiger partial charge in [-0.25, -0.2) is 4.98 Å². The molecule has 3 aromatic rings. The van der Waals surface area contributed by atoms with Gasteiger partial charge in [-0.2, -0.15) is 0 Å². The van der Waals surface area contributed by atoms with Gasteiger partial charge < -0.3 is 19.5 Å². The fourth-order valence-corrected chi connectivity index (χ4v) is 4.13. The standard InChI is InChI=1S/C26H28N2O4.Na/c1-18(26(29)30)28-32-25(20-8-3-2-4-9-20)21-12-15-23(16-13-21)31-17-22-14-11-19-7-5-6-10-24(19)27-22;/h5-7,10-16,20,25H,2-4,8-9,17H2,1H3,(H,29,30);/q;+1/p-1/b28-18+;. The zero-order valence-corrected chi connectivity index (χ0v) is 21.2. The SMILES string of the molecule is C/C(=N\OC(c1ccc(OCc2ccc3ccccc3n2)cc1)C1CCCCC1)C(=O)[O-].[Na+]. The largest absolute Gasteiger partial charge is 1.00 e. The van der Waals surface area contributed by atoms with Crippen molar-refractivity contribution in [3.05, 3.63) is 71.9 Å². The molecule has 0 saturated heterocycles. The summed E-state index contributed by atoms with van der Waals surface area (Å²) < 4.78 is 5.93. The van der Waals surface area contributed by atoms with Crippen LogP contribution in [0.4, 0.5) is 0 Å². The monoisotopic (exact) mass is 454 g/mol. The maximum absolute atomic E-state index is 11.0. The van der Waals surface area contributed by atoms with Gasteiger partial charge in [0.05, 0.1) is 22.9 Å². The van der Waals surface area contributed by atoms with E-state index in [1.165, 1.54) is 13.3 Å². The van der Waals surface area contributed by atoms with E-state index in [2.05, 4.69) is 10.1 Å². The molecule has 33 heavy (non-hydrogen) atoms. The number of carbonyl (C=O) groups excluding carboxylic acids is 1. The maximum Gasteiger partial charge on any atom is 1.00 e. The number of nitrogens with zero attached hydrogens (tertiary/aromatic N) is 2. The van der Waals surface area contributed by atoms with Crippen LogP contribution < -0.4 is 39.4 Å². The third kappa shape index (κ3) is 6.79. The van der Waals surface area contributed by atoms with E-state index in [1.807, 2.05) is 60.7 Å². The summed E-state index contributed by atoms with van der Waals surface area (Å²) in [5, 5.41) is 15.9. The summed E-state index contributed by atoms with van der Waals surface area (Å²) in [6, 6.07) is 19.8. The molecule has 0 amide bonds. The molecule has 1 aliphatic carbocycles. The van der Waals surface area contributed by atoms with Crippen LogP contribution in [0, 0.1) is 5.92 Å². The molecule has 6 nitrogen and oxygen atoms in total. The first-order chi connectivity index (χ1) is 15.6. The summed E-state index contributed by atoms with van der Waals surface area (Å²) >= 11 is 0. The zero-order valence-electron chi connectivity index (χ0n) is 19.2. The number of oxime groups is 1. The van der Waals surface area contributed by atoms with Crippen molar-refractivity contribution in [2.75, 3.05) is 0 Å². The van der Waals surface area contributed by atoms with Crippen LogP contribution in [0.25, 0.3) is 10.9 Å². The number of fused-ring (bicyclic) bond motifs is 1. The minimum absolute atomic E-state index is 0. The Labute approximate surface area is 216 Å². The number of pyridine rings is 1. The number of hydrogen-bond acceptors (Lipinski definition) is 6. The minimum Gasteiger partial charge on any atom is -0.543 e. The summed E-state index contributed by atoms with van der Waals surface area (Å²) in [5.74, 6) is -0.283. The second-order valence-electron chi connectivity index (χ2n) is 8.24. The first kappa shape index (κ1) is 25.2. The molecule has 0 spiro atoms. The fraction of sp³-hybridized carbons (Fsp3) is 0.346. The third-order valence-electron chi connectivity index (χ3n) is 5.93. The van der Waals surface area contributed by atoms with Gasteiger partial charge in [-0.05, 0) is 49.6 Å². The fourth-order valence-electron chi connectivity index (χ4n) is 4.13. The number of ether oxygens (including phenoxy) is 1. The topological polar surface area (TPSA) is 83.8 Å². The quantitative estimate of drug-likeness (QED) is 0.293. The predicted octanol–water partition coefficient (Wildman–Crippen LogP) is 1.58. The van der Waals surface area contributed by atoms with Gasteiger partial charge in [0.15, 0.2) is 6.10 Å². The summed E-state index contributed by atoms with van der Waals surface area (Å²) in [7, 11) is 0. The molecular weight excluding hydrogens is 427 g/mol. The van der Waals surface area contributed by atoms with Crippen LogP contribution in [0.1, 0.15) is 56.4 Å². The van der Waals surface area contributed by atoms with Gasteiger partial charge in [-0.1, -0.05) is 60.8 Å². The number of benzene rings is 2. The van der Waals surface area contributed by atoms with Crippen LogP contribution in [0.5, 0.6) is 5.75 Å². The molecule has 2 aromatic carbocycles. The molecule has 1 saturated carbocycles. The molecule has 0 bridgehead atoms. The number of carboxylic acids is 1. The van der Waals surface area contributed by atoms with Crippen molar-refractivity contribution in [3.63, 3.8) is 0 Å². The Bertz CT molecular complexity index is 1090. The van der Waals surface area contributed by atoms with Crippen molar-refractivity contribution < 1.29 is 49.0 Å². The van der Waals surface area contributed by atoms with Crippen LogP contribution in [0.3, 0.4) is 0 Å². The number of aromatic nitrogens is 1. The number of carbonyl (C=O) groups is 1.